The van der Waals surface area contributed by atoms with Gasteiger partial charge in [-0.15, -0.1) is 0 Å². The van der Waals surface area contributed by atoms with E-state index in [1.54, 1.807) is 302 Å². The second kappa shape index (κ2) is 26.4. The molecule has 0 bridgehead atoms. The van der Waals surface area contributed by atoms with E-state index in [4.69, 9.17) is 0 Å². The van der Waals surface area contributed by atoms with Crippen LogP contribution in [0, 0.1) is 178 Å². The standard InChI is InChI=1S/C82H136/c1-53-25-27-55(28-26-53)56-29-33-58(34-30-56)71-17-7-21-78-73(19-9-20-76(71)78)70-14-6-12-60(52-70)62-39-40-66-51-68(44-43-65(66)49-62)67-42-41-63-48-61(37-38-64(63)50-67)57-31-35-59(36-32-57)72-18-8-23-80-77(72)22-10-24-81(80)82-46-45-74(69-13-5-11-54(2)47-69)75-15-3-4-16-79(75)82/h53-82H,3-52H2,1-2H3. The minimum atomic E-state index is 1.01. The van der Waals surface area contributed by atoms with Gasteiger partial charge in [0.1, 0.15) is 0 Å². The van der Waals surface area contributed by atoms with E-state index in [9.17, 15) is 0 Å². The summed E-state index contributed by atoms with van der Waals surface area (Å²) in [5, 5.41) is 0. The Hall–Kier alpha value is 0. The van der Waals surface area contributed by atoms with Gasteiger partial charge in [0.05, 0.1) is 0 Å². The van der Waals surface area contributed by atoms with Crippen LogP contribution >= 0.6 is 0 Å². The molecule has 0 N–H and O–H groups in total. The van der Waals surface area contributed by atoms with E-state index in [0.717, 1.165) is 178 Å². The molecule has 15 saturated carbocycles. The van der Waals surface area contributed by atoms with Crippen molar-refractivity contribution in [3.63, 3.8) is 0 Å². The highest BCUT2D eigenvalue weighted by Gasteiger charge is 2.53. The van der Waals surface area contributed by atoms with Crippen LogP contribution in [0.5, 0.6) is 0 Å². The molecule has 0 aromatic carbocycles. The lowest BCUT2D eigenvalue weighted by Crippen LogP contribution is -2.48. The van der Waals surface area contributed by atoms with Crippen molar-refractivity contribution in [2.45, 2.75) is 335 Å². The molecule has 0 aromatic heterocycles. The van der Waals surface area contributed by atoms with E-state index in [2.05, 4.69) is 13.8 Å². The lowest BCUT2D eigenvalue weighted by Gasteiger charge is -2.56. The maximum absolute atomic E-state index is 2.60. The lowest BCUT2D eigenvalue weighted by molar-refractivity contribution is -0.0680. The Kier molecular flexibility index (Phi) is 18.8. The quantitative estimate of drug-likeness (QED) is 0.216. The van der Waals surface area contributed by atoms with Crippen molar-refractivity contribution >= 4 is 0 Å². The molecule has 0 spiro atoms. The molecule has 0 heteroatoms. The molecule has 0 nitrogen and oxygen atoms in total. The van der Waals surface area contributed by atoms with Gasteiger partial charge in [0, 0.05) is 0 Å². The molecule has 0 radical (unpaired) electrons. The van der Waals surface area contributed by atoms with E-state index in [1.807, 2.05) is 0 Å². The van der Waals surface area contributed by atoms with Gasteiger partial charge in [-0.1, -0.05) is 104 Å². The van der Waals surface area contributed by atoms with Crippen LogP contribution in [0.25, 0.3) is 0 Å². The SMILES string of the molecule is CC1CCC(C2CCC(C3CCCC4C(C5CCCC(C6CCC7CC(C8CCC9CC(C%10CCC(C%11CCCC%12C%11CCCC%12C%11CCC(C%12CCCC(C)C%12)C%12CCCCC%12%11)CC%10)CCC9C8)CCC7C6)C5)CCCC34)CC2)CC1. The van der Waals surface area contributed by atoms with Gasteiger partial charge in [-0.25, -0.2) is 0 Å². The molecule has 15 aliphatic rings. The summed E-state index contributed by atoms with van der Waals surface area (Å²) in [5.41, 5.74) is 0. The number of fused-ring (bicyclic) bond motifs is 5. The van der Waals surface area contributed by atoms with Gasteiger partial charge in [0.25, 0.3) is 0 Å². The summed E-state index contributed by atoms with van der Waals surface area (Å²) in [6.07, 6.45) is 80.8. The van der Waals surface area contributed by atoms with E-state index in [-0.39, 0.29) is 0 Å². The molecule has 24 unspecified atom stereocenters. The first-order valence-corrected chi connectivity index (χ1v) is 40.4. The molecule has 15 rings (SSSR count). The molecule has 0 aromatic rings. The van der Waals surface area contributed by atoms with E-state index in [1.165, 1.54) is 19.3 Å². The highest BCUT2D eigenvalue weighted by molar-refractivity contribution is 5.03. The first kappa shape index (κ1) is 58.4. The maximum Gasteiger partial charge on any atom is -0.0352 e. The van der Waals surface area contributed by atoms with Gasteiger partial charge in [-0.3, -0.25) is 0 Å². The molecule has 0 amide bonds. The largest absolute Gasteiger partial charge is 0.0625 e. The van der Waals surface area contributed by atoms with Crippen molar-refractivity contribution in [1.82, 2.24) is 0 Å². The van der Waals surface area contributed by atoms with E-state index in [0.29, 0.717) is 0 Å². The van der Waals surface area contributed by atoms with Gasteiger partial charge in [-0.2, -0.15) is 0 Å². The van der Waals surface area contributed by atoms with Crippen molar-refractivity contribution in [2.24, 2.45) is 178 Å². The van der Waals surface area contributed by atoms with Crippen molar-refractivity contribution in [1.29, 1.82) is 0 Å². The smallest absolute Gasteiger partial charge is 0.0352 e. The molecular weight excluding hydrogens is 985 g/mol. The molecule has 0 heterocycles. The Morgan fingerprint density at radius 2 is 0.341 bits per heavy atom. The van der Waals surface area contributed by atoms with E-state index < -0.39 is 0 Å². The first-order chi connectivity index (χ1) is 40.4. The zero-order valence-electron chi connectivity index (χ0n) is 54.7. The lowest BCUT2D eigenvalue weighted by atomic mass is 9.49. The summed E-state index contributed by atoms with van der Waals surface area (Å²) in [6, 6.07) is 0. The summed E-state index contributed by atoms with van der Waals surface area (Å²) in [4.78, 5) is 0. The van der Waals surface area contributed by atoms with Gasteiger partial charge in [0.2, 0.25) is 0 Å². The highest BCUT2D eigenvalue weighted by atomic mass is 14.6. The third-order valence-corrected chi connectivity index (χ3v) is 33.9. The monoisotopic (exact) mass is 1120 g/mol. The highest BCUT2D eigenvalue weighted by Crippen LogP contribution is 2.63. The fraction of sp³-hybridized carbons (Fsp3) is 1.00. The van der Waals surface area contributed by atoms with Crippen LogP contribution in [0.15, 0.2) is 0 Å². The number of hydrogen-bond acceptors (Lipinski definition) is 0. The summed E-state index contributed by atoms with van der Waals surface area (Å²) >= 11 is 0. The Morgan fingerprint density at radius 3 is 0.768 bits per heavy atom. The Morgan fingerprint density at radius 1 is 0.122 bits per heavy atom. The predicted octanol–water partition coefficient (Wildman–Crippen LogP) is 24.2. The summed E-state index contributed by atoms with van der Waals surface area (Å²) in [7, 11) is 0. The van der Waals surface area contributed by atoms with E-state index >= 15 is 0 Å². The summed E-state index contributed by atoms with van der Waals surface area (Å²) in [5.74, 6) is 33.1. The fourth-order valence-corrected chi connectivity index (χ4v) is 30.1. The van der Waals surface area contributed by atoms with Crippen LogP contribution in [0.4, 0.5) is 0 Å². The zero-order valence-corrected chi connectivity index (χ0v) is 54.7. The fourth-order valence-electron chi connectivity index (χ4n) is 30.1. The van der Waals surface area contributed by atoms with Crippen molar-refractivity contribution in [3.8, 4) is 0 Å². The normalized spacial score (nSPS) is 54.2. The van der Waals surface area contributed by atoms with Crippen LogP contribution < -0.4 is 0 Å². The van der Waals surface area contributed by atoms with Crippen LogP contribution in [0.3, 0.4) is 0 Å². The van der Waals surface area contributed by atoms with Crippen molar-refractivity contribution in [2.75, 3.05) is 0 Å². The minimum absolute atomic E-state index is 1.01. The third kappa shape index (κ3) is 12.2. The molecule has 15 fully saturated rings. The van der Waals surface area contributed by atoms with Crippen LogP contribution in [-0.2, 0) is 0 Å². The van der Waals surface area contributed by atoms with Gasteiger partial charge in [0.15, 0.2) is 0 Å². The summed E-state index contributed by atoms with van der Waals surface area (Å²) in [6.45, 7) is 5.12. The predicted molar refractivity (Wildman–Crippen MR) is 347 cm³/mol. The maximum atomic E-state index is 2.60. The zero-order chi connectivity index (χ0) is 54.7. The minimum Gasteiger partial charge on any atom is -0.0625 e. The second-order valence-electron chi connectivity index (χ2n) is 37.0. The molecule has 15 aliphatic carbocycles. The topological polar surface area (TPSA) is 0 Å². The molecule has 24 atom stereocenters. The Labute approximate surface area is 509 Å². The van der Waals surface area contributed by atoms with Gasteiger partial charge < -0.3 is 0 Å². The van der Waals surface area contributed by atoms with Crippen LogP contribution in [0.1, 0.15) is 335 Å². The number of rotatable bonds is 9. The Balaban J connectivity index is 0.491. The van der Waals surface area contributed by atoms with Gasteiger partial charge >= 0.3 is 0 Å². The van der Waals surface area contributed by atoms with Crippen LogP contribution in [0.2, 0.25) is 0 Å². The molecular formula is C82H136. The average Bonchev–Trinajstić information content (AvgIpc) is 3.72. The second-order valence-corrected chi connectivity index (χ2v) is 37.0. The molecule has 82 heavy (non-hydrogen) atoms. The van der Waals surface area contributed by atoms with Crippen LogP contribution in [-0.4, -0.2) is 0 Å². The molecule has 0 saturated heterocycles. The summed E-state index contributed by atoms with van der Waals surface area (Å²) < 4.78 is 0. The van der Waals surface area contributed by atoms with Gasteiger partial charge in [-0.05, 0) is 409 Å². The molecule has 0 aliphatic heterocycles. The molecule has 464 valence electrons. The average molecular weight is 1120 g/mol. The third-order valence-electron chi connectivity index (χ3n) is 33.9. The first-order valence-electron chi connectivity index (χ1n) is 40.4. The Bertz CT molecular complexity index is 1970. The number of hydrogen-bond donors (Lipinski definition) is 0. The van der Waals surface area contributed by atoms with Crippen molar-refractivity contribution < 1.29 is 0 Å². The van der Waals surface area contributed by atoms with Crippen molar-refractivity contribution in [3.05, 3.63) is 0 Å².